The summed E-state index contributed by atoms with van der Waals surface area (Å²) < 4.78 is 66.0. The van der Waals surface area contributed by atoms with Gasteiger partial charge in [-0.1, -0.05) is 17.3 Å². The van der Waals surface area contributed by atoms with Gasteiger partial charge in [-0.15, -0.1) is 0 Å². The molecule has 1 saturated heterocycles. The minimum absolute atomic E-state index is 0.102. The molecule has 1 aromatic heterocycles. The van der Waals surface area contributed by atoms with E-state index in [1.807, 2.05) is 0 Å². The Hall–Kier alpha value is -1.98. The van der Waals surface area contributed by atoms with Crippen LogP contribution in [-0.4, -0.2) is 59.3 Å². The van der Waals surface area contributed by atoms with Crippen molar-refractivity contribution in [2.75, 3.05) is 18.6 Å². The minimum Gasteiger partial charge on any atom is -0.390 e. The lowest BCUT2D eigenvalue weighted by molar-refractivity contribution is -0.137. The Balaban J connectivity index is 1.70. The van der Waals surface area contributed by atoms with Crippen LogP contribution in [0.2, 0.25) is 0 Å². The molecule has 3 rings (SSSR count). The number of hydrogen-bond acceptors (Lipinski definition) is 7. The molecule has 0 unspecified atom stereocenters. The van der Waals surface area contributed by atoms with Crippen LogP contribution >= 0.6 is 0 Å². The van der Waals surface area contributed by atoms with E-state index >= 15 is 0 Å². The van der Waals surface area contributed by atoms with Crippen molar-refractivity contribution in [2.45, 2.75) is 24.9 Å². The summed E-state index contributed by atoms with van der Waals surface area (Å²) in [5.41, 5.74) is -0.416. The molecule has 0 amide bonds. The average Bonchev–Trinajstić information content (AvgIpc) is 3.10. The van der Waals surface area contributed by atoms with Gasteiger partial charge in [0.05, 0.1) is 35.8 Å². The fourth-order valence-electron chi connectivity index (χ4n) is 2.81. The van der Waals surface area contributed by atoms with Crippen LogP contribution in [0, 0.1) is 0 Å². The molecule has 0 bridgehead atoms. The van der Waals surface area contributed by atoms with Gasteiger partial charge in [-0.25, -0.2) is 8.42 Å². The molecule has 1 aliphatic rings. The van der Waals surface area contributed by atoms with Gasteiger partial charge in [0.25, 0.3) is 0 Å². The first-order valence-corrected chi connectivity index (χ1v) is 9.46. The van der Waals surface area contributed by atoms with Crippen LogP contribution in [0.3, 0.4) is 0 Å². The summed E-state index contributed by atoms with van der Waals surface area (Å²) in [7, 11) is -1.66. The second-order valence-electron chi connectivity index (χ2n) is 6.21. The van der Waals surface area contributed by atoms with Crippen molar-refractivity contribution in [3.63, 3.8) is 0 Å². The van der Waals surface area contributed by atoms with Gasteiger partial charge in [0.15, 0.2) is 9.84 Å². The number of aliphatic hydroxyl groups excluding tert-OH is 1. The third-order valence-electron chi connectivity index (χ3n) is 4.18. The molecule has 2 heterocycles. The zero-order valence-corrected chi connectivity index (χ0v) is 14.5. The van der Waals surface area contributed by atoms with Gasteiger partial charge in [0.1, 0.15) is 0 Å². The van der Waals surface area contributed by atoms with Gasteiger partial charge in [0.2, 0.25) is 11.7 Å². The van der Waals surface area contributed by atoms with Crippen LogP contribution in [-0.2, 0) is 22.6 Å². The fraction of sp³-hybridized carbons (Fsp3) is 0.467. The Morgan fingerprint density at radius 2 is 1.92 bits per heavy atom. The van der Waals surface area contributed by atoms with Gasteiger partial charge in [-0.2, -0.15) is 18.2 Å². The van der Waals surface area contributed by atoms with Crippen molar-refractivity contribution in [1.82, 2.24) is 15.0 Å². The molecule has 11 heteroatoms. The second kappa shape index (κ2) is 6.63. The Bertz CT molecular complexity index is 880. The van der Waals surface area contributed by atoms with Gasteiger partial charge in [0, 0.05) is 5.56 Å². The number of rotatable bonds is 4. The van der Waals surface area contributed by atoms with E-state index in [9.17, 15) is 26.7 Å². The standard InChI is InChI=1S/C15H16F3N3O4S/c1-21(11-7-26(23,24)8-12(11)22)6-13-19-14(20-25-13)9-2-4-10(5-3-9)15(16,17)18/h2-5,11-12,22H,6-8H2,1H3/t11-,12+/m1/s1. The summed E-state index contributed by atoms with van der Waals surface area (Å²) in [5.74, 6) is -0.159. The van der Waals surface area contributed by atoms with Crippen LogP contribution in [0.5, 0.6) is 0 Å². The largest absolute Gasteiger partial charge is 0.416 e. The number of aliphatic hydroxyl groups is 1. The normalized spacial score (nSPS) is 22.8. The first-order valence-electron chi connectivity index (χ1n) is 7.64. The SMILES string of the molecule is CN(Cc1nc(-c2ccc(C(F)(F)F)cc2)no1)[C@@H]1CS(=O)(=O)C[C@@H]1O. The van der Waals surface area contributed by atoms with Crippen LogP contribution in [0.1, 0.15) is 11.5 Å². The van der Waals surface area contributed by atoms with Crippen molar-refractivity contribution >= 4 is 9.84 Å². The molecule has 1 N–H and O–H groups in total. The zero-order chi connectivity index (χ0) is 19.1. The number of alkyl halides is 3. The van der Waals surface area contributed by atoms with Gasteiger partial charge < -0.3 is 9.63 Å². The third-order valence-corrected chi connectivity index (χ3v) is 5.88. The maximum atomic E-state index is 12.6. The van der Waals surface area contributed by atoms with Crippen molar-refractivity contribution in [1.29, 1.82) is 0 Å². The number of benzene rings is 1. The maximum Gasteiger partial charge on any atom is 0.416 e. The summed E-state index contributed by atoms with van der Waals surface area (Å²) in [4.78, 5) is 5.71. The van der Waals surface area contributed by atoms with E-state index < -0.39 is 33.7 Å². The summed E-state index contributed by atoms with van der Waals surface area (Å²) in [5, 5.41) is 13.6. The number of hydrogen-bond donors (Lipinski definition) is 1. The monoisotopic (exact) mass is 391 g/mol. The summed E-state index contributed by atoms with van der Waals surface area (Å²) in [6, 6.07) is 3.76. The van der Waals surface area contributed by atoms with Crippen molar-refractivity contribution in [2.24, 2.45) is 0 Å². The van der Waals surface area contributed by atoms with Gasteiger partial charge in [-0.3, -0.25) is 4.90 Å². The van der Waals surface area contributed by atoms with E-state index in [0.717, 1.165) is 12.1 Å². The fourth-order valence-corrected chi connectivity index (χ4v) is 4.68. The predicted octanol–water partition coefficient (Wildman–Crippen LogP) is 1.35. The van der Waals surface area contributed by atoms with E-state index in [4.69, 9.17) is 4.52 Å². The molecule has 2 aromatic rings. The second-order valence-corrected chi connectivity index (χ2v) is 8.37. The first-order chi connectivity index (χ1) is 12.0. The molecule has 1 fully saturated rings. The molecular weight excluding hydrogens is 375 g/mol. The summed E-state index contributed by atoms with van der Waals surface area (Å²) in [6.07, 6.45) is -5.42. The molecule has 7 nitrogen and oxygen atoms in total. The summed E-state index contributed by atoms with van der Waals surface area (Å²) in [6.45, 7) is 0.102. The smallest absolute Gasteiger partial charge is 0.390 e. The predicted molar refractivity (Wildman–Crippen MR) is 84.7 cm³/mol. The lowest BCUT2D eigenvalue weighted by atomic mass is 10.1. The summed E-state index contributed by atoms with van der Waals surface area (Å²) >= 11 is 0. The molecular formula is C15H16F3N3O4S. The van der Waals surface area contributed by atoms with E-state index in [1.165, 1.54) is 12.1 Å². The van der Waals surface area contributed by atoms with E-state index in [0.29, 0.717) is 5.56 Å². The van der Waals surface area contributed by atoms with E-state index in [-0.39, 0.29) is 29.8 Å². The van der Waals surface area contributed by atoms with Crippen LogP contribution < -0.4 is 0 Å². The molecule has 0 saturated carbocycles. The molecule has 1 aliphatic heterocycles. The number of likely N-dealkylation sites (N-methyl/N-ethyl adjacent to an activating group) is 1. The Labute approximate surface area is 147 Å². The molecule has 142 valence electrons. The van der Waals surface area contributed by atoms with E-state index in [1.54, 1.807) is 11.9 Å². The highest BCUT2D eigenvalue weighted by Gasteiger charge is 2.39. The number of sulfone groups is 1. The highest BCUT2D eigenvalue weighted by Crippen LogP contribution is 2.30. The zero-order valence-electron chi connectivity index (χ0n) is 13.6. The van der Waals surface area contributed by atoms with Crippen molar-refractivity contribution in [3.8, 4) is 11.4 Å². The molecule has 2 atom stereocenters. The topological polar surface area (TPSA) is 96.5 Å². The Kier molecular flexibility index (Phi) is 4.80. The minimum atomic E-state index is -4.42. The lowest BCUT2D eigenvalue weighted by Gasteiger charge is -2.23. The van der Waals surface area contributed by atoms with Crippen LogP contribution in [0.4, 0.5) is 13.2 Å². The first kappa shape index (κ1) is 18.8. The van der Waals surface area contributed by atoms with Crippen LogP contribution in [0.15, 0.2) is 28.8 Å². The lowest BCUT2D eigenvalue weighted by Crippen LogP contribution is -2.40. The highest BCUT2D eigenvalue weighted by atomic mass is 32.2. The Morgan fingerprint density at radius 1 is 1.27 bits per heavy atom. The maximum absolute atomic E-state index is 12.6. The van der Waals surface area contributed by atoms with Crippen molar-refractivity contribution < 1.29 is 31.2 Å². The van der Waals surface area contributed by atoms with Gasteiger partial charge >= 0.3 is 6.18 Å². The molecule has 0 radical (unpaired) electrons. The Morgan fingerprint density at radius 3 is 2.46 bits per heavy atom. The number of aromatic nitrogens is 2. The number of halogens is 3. The molecule has 1 aromatic carbocycles. The van der Waals surface area contributed by atoms with Crippen molar-refractivity contribution in [3.05, 3.63) is 35.7 Å². The highest BCUT2D eigenvalue weighted by molar-refractivity contribution is 7.91. The van der Waals surface area contributed by atoms with Gasteiger partial charge in [-0.05, 0) is 19.2 Å². The quantitative estimate of drug-likeness (QED) is 0.840. The van der Waals surface area contributed by atoms with E-state index in [2.05, 4.69) is 10.1 Å². The number of nitrogens with zero attached hydrogens (tertiary/aromatic N) is 3. The van der Waals surface area contributed by atoms with Crippen LogP contribution in [0.25, 0.3) is 11.4 Å². The average molecular weight is 391 g/mol. The molecule has 0 spiro atoms. The molecule has 0 aliphatic carbocycles. The third kappa shape index (κ3) is 4.05. The molecule has 26 heavy (non-hydrogen) atoms.